The maximum absolute atomic E-state index is 12.5. The van der Waals surface area contributed by atoms with E-state index in [0.717, 1.165) is 44.3 Å². The molecule has 0 aliphatic rings. The van der Waals surface area contributed by atoms with Crippen LogP contribution in [0.15, 0.2) is 91.5 Å². The van der Waals surface area contributed by atoms with Crippen LogP contribution < -0.4 is 5.32 Å². The molecule has 0 aliphatic heterocycles. The first kappa shape index (κ1) is 18.9. The Kier molecular flexibility index (Phi) is 4.43. The molecule has 0 bridgehead atoms. The van der Waals surface area contributed by atoms with E-state index in [9.17, 15) is 4.79 Å². The van der Waals surface area contributed by atoms with E-state index in [-0.39, 0.29) is 5.91 Å². The van der Waals surface area contributed by atoms with Crippen LogP contribution in [0.5, 0.6) is 0 Å². The highest BCUT2D eigenvalue weighted by Crippen LogP contribution is 2.32. The van der Waals surface area contributed by atoms with Crippen molar-refractivity contribution in [1.82, 2.24) is 25.1 Å². The van der Waals surface area contributed by atoms with Crippen LogP contribution in [0.25, 0.3) is 44.3 Å². The SMILES string of the molecule is O=C(Nc1cncc(-c2ccc3[nH]nc(-c4cc5ccncc5[nH]4)c3c2)c1)c1ccccc1. The number of hydrogen-bond acceptors (Lipinski definition) is 4. The van der Waals surface area contributed by atoms with Crippen molar-refractivity contribution in [2.24, 2.45) is 0 Å². The van der Waals surface area contributed by atoms with Crippen LogP contribution in [0.4, 0.5) is 5.69 Å². The minimum absolute atomic E-state index is 0.171. The van der Waals surface area contributed by atoms with Crippen molar-refractivity contribution >= 4 is 33.4 Å². The number of benzene rings is 2. The highest BCUT2D eigenvalue weighted by molar-refractivity contribution is 6.04. The van der Waals surface area contributed by atoms with Crippen LogP contribution in [0.3, 0.4) is 0 Å². The summed E-state index contributed by atoms with van der Waals surface area (Å²) in [4.78, 5) is 24.4. The van der Waals surface area contributed by atoms with Gasteiger partial charge in [-0.3, -0.25) is 19.9 Å². The molecule has 2 aromatic carbocycles. The third-order valence-corrected chi connectivity index (χ3v) is 5.61. The molecule has 1 amide bonds. The summed E-state index contributed by atoms with van der Waals surface area (Å²) >= 11 is 0. The summed E-state index contributed by atoms with van der Waals surface area (Å²) in [5.74, 6) is -0.171. The van der Waals surface area contributed by atoms with Crippen LogP contribution in [0, 0.1) is 0 Å². The van der Waals surface area contributed by atoms with Gasteiger partial charge in [-0.2, -0.15) is 5.10 Å². The molecule has 0 unspecified atom stereocenters. The maximum Gasteiger partial charge on any atom is 0.255 e. The molecule has 0 radical (unpaired) electrons. The van der Waals surface area contributed by atoms with Crippen LogP contribution in [0.2, 0.25) is 0 Å². The van der Waals surface area contributed by atoms with Gasteiger partial charge in [0, 0.05) is 34.3 Å². The molecular weight excluding hydrogens is 412 g/mol. The van der Waals surface area contributed by atoms with Crippen molar-refractivity contribution in [2.45, 2.75) is 0 Å². The lowest BCUT2D eigenvalue weighted by molar-refractivity contribution is 0.102. The number of anilines is 1. The number of nitrogens with zero attached hydrogens (tertiary/aromatic N) is 3. The van der Waals surface area contributed by atoms with E-state index in [2.05, 4.69) is 42.6 Å². The van der Waals surface area contributed by atoms with Gasteiger partial charge >= 0.3 is 0 Å². The Balaban J connectivity index is 1.36. The molecular formula is C26H18N6O. The zero-order chi connectivity index (χ0) is 22.2. The second-order valence-corrected chi connectivity index (χ2v) is 7.76. The molecule has 4 heterocycles. The maximum atomic E-state index is 12.5. The zero-order valence-electron chi connectivity index (χ0n) is 17.4. The second kappa shape index (κ2) is 7.72. The summed E-state index contributed by atoms with van der Waals surface area (Å²) in [5, 5.41) is 12.6. The largest absolute Gasteiger partial charge is 0.352 e. The van der Waals surface area contributed by atoms with Gasteiger partial charge in [0.1, 0.15) is 5.69 Å². The Morgan fingerprint density at radius 2 is 1.73 bits per heavy atom. The van der Waals surface area contributed by atoms with Crippen LogP contribution in [-0.2, 0) is 0 Å². The number of fused-ring (bicyclic) bond motifs is 2. The molecule has 158 valence electrons. The lowest BCUT2D eigenvalue weighted by Crippen LogP contribution is -2.11. The van der Waals surface area contributed by atoms with E-state index in [1.165, 1.54) is 0 Å². The summed E-state index contributed by atoms with van der Waals surface area (Å²) in [6.45, 7) is 0. The van der Waals surface area contributed by atoms with Gasteiger partial charge in [-0.05, 0) is 48.0 Å². The Bertz CT molecular complexity index is 1580. The molecule has 0 atom stereocenters. The second-order valence-electron chi connectivity index (χ2n) is 7.76. The first-order valence-corrected chi connectivity index (χ1v) is 10.5. The molecule has 0 saturated carbocycles. The van der Waals surface area contributed by atoms with Crippen molar-refractivity contribution in [3.63, 3.8) is 0 Å². The van der Waals surface area contributed by atoms with Gasteiger partial charge in [-0.15, -0.1) is 0 Å². The number of carbonyl (C=O) groups is 1. The highest BCUT2D eigenvalue weighted by atomic mass is 16.1. The fraction of sp³-hybridized carbons (Fsp3) is 0. The Morgan fingerprint density at radius 3 is 2.61 bits per heavy atom. The smallest absolute Gasteiger partial charge is 0.255 e. The third-order valence-electron chi connectivity index (χ3n) is 5.61. The average Bonchev–Trinajstić information content (AvgIpc) is 3.48. The summed E-state index contributed by atoms with van der Waals surface area (Å²) in [6.07, 6.45) is 7.01. The molecule has 7 heteroatoms. The van der Waals surface area contributed by atoms with E-state index in [1.54, 1.807) is 36.9 Å². The van der Waals surface area contributed by atoms with Crippen molar-refractivity contribution in [1.29, 1.82) is 0 Å². The van der Waals surface area contributed by atoms with Crippen molar-refractivity contribution in [2.75, 3.05) is 5.32 Å². The van der Waals surface area contributed by atoms with Gasteiger partial charge in [0.15, 0.2) is 0 Å². The van der Waals surface area contributed by atoms with Gasteiger partial charge in [-0.25, -0.2) is 0 Å². The van der Waals surface area contributed by atoms with Crippen molar-refractivity contribution in [3.05, 3.63) is 97.1 Å². The number of rotatable bonds is 4. The van der Waals surface area contributed by atoms with Crippen LogP contribution in [-0.4, -0.2) is 31.1 Å². The fourth-order valence-electron chi connectivity index (χ4n) is 3.96. The Morgan fingerprint density at radius 1 is 0.818 bits per heavy atom. The average molecular weight is 430 g/mol. The highest BCUT2D eigenvalue weighted by Gasteiger charge is 2.13. The summed E-state index contributed by atoms with van der Waals surface area (Å²) < 4.78 is 0. The number of amides is 1. The van der Waals surface area contributed by atoms with E-state index in [1.807, 2.05) is 42.5 Å². The first-order chi connectivity index (χ1) is 16.2. The lowest BCUT2D eigenvalue weighted by Gasteiger charge is -2.08. The number of hydrogen-bond donors (Lipinski definition) is 3. The van der Waals surface area contributed by atoms with Crippen LogP contribution in [0.1, 0.15) is 10.4 Å². The summed E-state index contributed by atoms with van der Waals surface area (Å²) in [6, 6.07) is 21.2. The fourth-order valence-corrected chi connectivity index (χ4v) is 3.96. The number of carbonyl (C=O) groups excluding carboxylic acids is 1. The van der Waals surface area contributed by atoms with Gasteiger partial charge in [-0.1, -0.05) is 24.3 Å². The molecule has 6 aromatic rings. The predicted molar refractivity (Wildman–Crippen MR) is 129 cm³/mol. The topological polar surface area (TPSA) is 99.3 Å². The van der Waals surface area contributed by atoms with E-state index in [4.69, 9.17) is 0 Å². The normalized spacial score (nSPS) is 11.2. The van der Waals surface area contributed by atoms with E-state index in [0.29, 0.717) is 11.3 Å². The molecule has 0 fully saturated rings. The molecule has 6 rings (SSSR count). The molecule has 33 heavy (non-hydrogen) atoms. The number of H-pyrrole nitrogens is 2. The van der Waals surface area contributed by atoms with E-state index < -0.39 is 0 Å². The predicted octanol–water partition coefficient (Wildman–Crippen LogP) is 5.42. The number of aromatic amines is 2. The zero-order valence-corrected chi connectivity index (χ0v) is 17.4. The molecule has 0 spiro atoms. The monoisotopic (exact) mass is 430 g/mol. The summed E-state index contributed by atoms with van der Waals surface area (Å²) in [7, 11) is 0. The minimum Gasteiger partial charge on any atom is -0.352 e. The van der Waals surface area contributed by atoms with Crippen molar-refractivity contribution < 1.29 is 4.79 Å². The lowest BCUT2D eigenvalue weighted by atomic mass is 10.0. The quantitative estimate of drug-likeness (QED) is 0.348. The number of pyridine rings is 2. The molecule has 7 nitrogen and oxygen atoms in total. The van der Waals surface area contributed by atoms with Gasteiger partial charge in [0.2, 0.25) is 0 Å². The standard InChI is InChI=1S/C26H18N6O/c33-26(16-4-2-1-3-5-16)29-20-10-19(13-28-14-20)17-6-7-22-21(11-17)25(32-31-22)23-12-18-8-9-27-15-24(18)30-23/h1-15,30H,(H,29,33)(H,31,32). The minimum atomic E-state index is -0.171. The Labute approximate surface area is 188 Å². The van der Waals surface area contributed by atoms with Crippen LogP contribution >= 0.6 is 0 Å². The Hall–Kier alpha value is -4.78. The molecule has 3 N–H and O–H groups in total. The number of aromatic nitrogens is 5. The van der Waals surface area contributed by atoms with Crippen molar-refractivity contribution in [3.8, 4) is 22.5 Å². The summed E-state index contributed by atoms with van der Waals surface area (Å²) in [5.41, 5.74) is 6.77. The van der Waals surface area contributed by atoms with E-state index >= 15 is 0 Å². The van der Waals surface area contributed by atoms with Gasteiger partial charge < -0.3 is 10.3 Å². The van der Waals surface area contributed by atoms with Gasteiger partial charge in [0.05, 0.1) is 34.8 Å². The third kappa shape index (κ3) is 3.51. The molecule has 4 aromatic heterocycles. The van der Waals surface area contributed by atoms with Gasteiger partial charge in [0.25, 0.3) is 5.91 Å². The number of nitrogens with one attached hydrogen (secondary N) is 3. The molecule has 0 saturated heterocycles. The first-order valence-electron chi connectivity index (χ1n) is 10.5. The molecule has 0 aliphatic carbocycles.